The molecule has 10 nitrogen and oxygen atoms in total. The number of rotatable bonds is 10. The van der Waals surface area contributed by atoms with Crippen LogP contribution >= 0.6 is 0 Å². The third-order valence-electron chi connectivity index (χ3n) is 9.67. The number of aryl methyl sites for hydroxylation is 1. The van der Waals surface area contributed by atoms with Gasteiger partial charge in [-0.25, -0.2) is 22.7 Å². The lowest BCUT2D eigenvalue weighted by atomic mass is 9.81. The maximum atomic E-state index is 14.6. The van der Waals surface area contributed by atoms with Gasteiger partial charge in [-0.2, -0.15) is 10.2 Å². The molecule has 2 unspecified atom stereocenters. The number of aromatic nitrogens is 5. The monoisotopic (exact) mass is 659 g/mol. The predicted octanol–water partition coefficient (Wildman–Crippen LogP) is 5.75. The fourth-order valence-electron chi connectivity index (χ4n) is 7.05. The van der Waals surface area contributed by atoms with Crippen LogP contribution in [0.1, 0.15) is 104 Å². The molecule has 0 aromatic carbocycles. The average Bonchev–Trinajstić information content (AvgIpc) is 3.72. The van der Waals surface area contributed by atoms with Gasteiger partial charge in [0.15, 0.2) is 5.65 Å². The second-order valence-electron chi connectivity index (χ2n) is 12.8. The van der Waals surface area contributed by atoms with Crippen molar-refractivity contribution in [2.45, 2.75) is 95.7 Å². The molecule has 2 aliphatic heterocycles. The number of nitrogens with one attached hydrogen (secondary N) is 2. The molecule has 5 heterocycles. The lowest BCUT2D eigenvalue weighted by molar-refractivity contribution is -0.125. The predicted molar refractivity (Wildman–Crippen MR) is 164 cm³/mol. The summed E-state index contributed by atoms with van der Waals surface area (Å²) < 4.78 is 65.1. The molecule has 2 saturated heterocycles. The highest BCUT2D eigenvalue weighted by Gasteiger charge is 2.40. The third kappa shape index (κ3) is 7.37. The SMILES string of the molecule is CCn1nccc1C(=O)NC(c1cn2nc(C[C@H]3CC(=C(F)CCF)CNC3=O)c(C3CCCCO3)cc2n1)C1CCC(F)(F)CC1. The summed E-state index contributed by atoms with van der Waals surface area (Å²) >= 11 is 0. The van der Waals surface area contributed by atoms with Crippen molar-refractivity contribution < 1.29 is 31.9 Å². The highest BCUT2D eigenvalue weighted by Crippen LogP contribution is 2.42. The fourth-order valence-corrected chi connectivity index (χ4v) is 7.05. The Morgan fingerprint density at radius 1 is 1.23 bits per heavy atom. The third-order valence-corrected chi connectivity index (χ3v) is 9.67. The van der Waals surface area contributed by atoms with Gasteiger partial charge in [-0.05, 0) is 69.1 Å². The van der Waals surface area contributed by atoms with Crippen LogP contribution in [0.4, 0.5) is 17.6 Å². The van der Waals surface area contributed by atoms with Crippen molar-refractivity contribution in [3.8, 4) is 0 Å². The molecule has 2 amide bonds. The van der Waals surface area contributed by atoms with Crippen molar-refractivity contribution in [2.24, 2.45) is 11.8 Å². The summed E-state index contributed by atoms with van der Waals surface area (Å²) in [4.78, 5) is 31.3. The maximum absolute atomic E-state index is 14.6. The van der Waals surface area contributed by atoms with Gasteiger partial charge in [0, 0.05) is 63.1 Å². The molecule has 3 aliphatic rings. The summed E-state index contributed by atoms with van der Waals surface area (Å²) in [5.74, 6) is -4.77. The van der Waals surface area contributed by atoms with E-state index in [0.717, 1.165) is 24.8 Å². The number of hydrogen-bond acceptors (Lipinski definition) is 6. The first-order valence-electron chi connectivity index (χ1n) is 16.6. The Bertz CT molecular complexity index is 1620. The summed E-state index contributed by atoms with van der Waals surface area (Å²) in [5.41, 5.74) is 3.12. The Morgan fingerprint density at radius 2 is 2.04 bits per heavy atom. The lowest BCUT2D eigenvalue weighted by Gasteiger charge is -2.33. The van der Waals surface area contributed by atoms with Crippen LogP contribution in [0.3, 0.4) is 0 Å². The van der Waals surface area contributed by atoms with E-state index in [1.165, 1.54) is 0 Å². The van der Waals surface area contributed by atoms with Crippen molar-refractivity contribution in [1.82, 2.24) is 35.0 Å². The molecular formula is C33H41F4N7O3. The zero-order valence-electron chi connectivity index (χ0n) is 26.5. The lowest BCUT2D eigenvalue weighted by Crippen LogP contribution is -2.39. The minimum Gasteiger partial charge on any atom is -0.373 e. The number of hydrogen-bond donors (Lipinski definition) is 2. The molecular weight excluding hydrogens is 618 g/mol. The van der Waals surface area contributed by atoms with Crippen LogP contribution in [-0.4, -0.2) is 61.9 Å². The molecule has 254 valence electrons. The number of allylic oxidation sites excluding steroid dienone is 1. The van der Waals surface area contributed by atoms with Gasteiger partial charge in [-0.1, -0.05) is 0 Å². The standard InChI is InChI=1S/C33H41F4N7O3/c1-2-43-27(9-13-39-43)32(46)41-30(20-6-10-33(36,37)11-7-20)26-19-44-29(40-26)17-23(28-5-3-4-14-47-28)25(42-44)16-21-15-22(18-38-31(21)45)24(35)8-12-34/h9,13,17,19-21,28,30H,2-8,10-12,14-16,18H2,1H3,(H,38,45)(H,41,46)/t21-,28?,30?/m1/s1. The molecule has 0 radical (unpaired) electrons. The number of amides is 2. The van der Waals surface area contributed by atoms with E-state index >= 15 is 0 Å². The number of carbonyl (C=O) groups excluding carboxylic acids is 2. The number of nitrogens with zero attached hydrogens (tertiary/aromatic N) is 5. The Morgan fingerprint density at radius 3 is 2.77 bits per heavy atom. The molecule has 6 rings (SSSR count). The van der Waals surface area contributed by atoms with E-state index in [9.17, 15) is 27.2 Å². The zero-order valence-corrected chi connectivity index (χ0v) is 26.5. The van der Waals surface area contributed by atoms with E-state index in [0.29, 0.717) is 41.5 Å². The summed E-state index contributed by atoms with van der Waals surface area (Å²) in [6.45, 7) is 2.18. The van der Waals surface area contributed by atoms with Gasteiger partial charge >= 0.3 is 0 Å². The summed E-state index contributed by atoms with van der Waals surface area (Å²) in [6.07, 6.45) is 5.53. The van der Waals surface area contributed by atoms with Crippen LogP contribution in [0, 0.1) is 11.8 Å². The van der Waals surface area contributed by atoms with E-state index in [1.807, 2.05) is 13.0 Å². The molecule has 1 aliphatic carbocycles. The number of fused-ring (bicyclic) bond motifs is 1. The molecule has 3 atom stereocenters. The van der Waals surface area contributed by atoms with Gasteiger partial charge in [0.1, 0.15) is 11.5 Å². The Hall–Kier alpha value is -3.81. The van der Waals surface area contributed by atoms with Crippen LogP contribution in [0.15, 0.2) is 35.9 Å². The normalized spacial score (nSPS) is 23.8. The van der Waals surface area contributed by atoms with Gasteiger partial charge in [0.05, 0.1) is 36.4 Å². The van der Waals surface area contributed by atoms with Crippen molar-refractivity contribution >= 4 is 17.5 Å². The number of halogens is 4. The van der Waals surface area contributed by atoms with E-state index in [1.54, 1.807) is 27.7 Å². The van der Waals surface area contributed by atoms with E-state index in [2.05, 4.69) is 15.7 Å². The maximum Gasteiger partial charge on any atom is 0.270 e. The molecule has 3 aromatic rings. The van der Waals surface area contributed by atoms with E-state index in [4.69, 9.17) is 14.8 Å². The van der Waals surface area contributed by atoms with Gasteiger partial charge in [-0.15, -0.1) is 0 Å². The Kier molecular flexibility index (Phi) is 9.95. The number of ether oxygens (including phenoxy) is 1. The molecule has 1 saturated carbocycles. The molecule has 14 heteroatoms. The van der Waals surface area contributed by atoms with Crippen LogP contribution in [0.2, 0.25) is 0 Å². The largest absolute Gasteiger partial charge is 0.373 e. The topological polar surface area (TPSA) is 115 Å². The van der Waals surface area contributed by atoms with Gasteiger partial charge in [-0.3, -0.25) is 18.7 Å². The first-order chi connectivity index (χ1) is 22.7. The summed E-state index contributed by atoms with van der Waals surface area (Å²) in [6, 6.07) is 2.83. The minimum absolute atomic E-state index is 0.0519. The first kappa shape index (κ1) is 33.1. The summed E-state index contributed by atoms with van der Waals surface area (Å²) in [7, 11) is 0. The van der Waals surface area contributed by atoms with Crippen LogP contribution in [0.5, 0.6) is 0 Å². The number of carbonyl (C=O) groups is 2. The Balaban J connectivity index is 1.35. The van der Waals surface area contributed by atoms with Crippen LogP contribution in [-0.2, 0) is 22.5 Å². The van der Waals surface area contributed by atoms with Crippen molar-refractivity contribution in [2.75, 3.05) is 19.8 Å². The highest BCUT2D eigenvalue weighted by atomic mass is 19.3. The Labute approximate surface area is 270 Å². The second-order valence-corrected chi connectivity index (χ2v) is 12.8. The molecule has 0 bridgehead atoms. The molecule has 0 spiro atoms. The summed E-state index contributed by atoms with van der Waals surface area (Å²) in [5, 5.41) is 14.9. The van der Waals surface area contributed by atoms with Gasteiger partial charge in [0.25, 0.3) is 5.91 Å². The zero-order chi connectivity index (χ0) is 33.1. The van der Waals surface area contributed by atoms with Gasteiger partial charge < -0.3 is 15.4 Å². The molecule has 47 heavy (non-hydrogen) atoms. The number of piperidine rings is 1. The van der Waals surface area contributed by atoms with Crippen LogP contribution < -0.4 is 10.6 Å². The minimum atomic E-state index is -2.74. The number of alkyl halides is 3. The quantitative estimate of drug-likeness (QED) is 0.268. The van der Waals surface area contributed by atoms with E-state index < -0.39 is 30.4 Å². The van der Waals surface area contributed by atoms with Crippen LogP contribution in [0.25, 0.3) is 5.65 Å². The first-order valence-corrected chi connectivity index (χ1v) is 16.6. The van der Waals surface area contributed by atoms with Gasteiger partial charge in [0.2, 0.25) is 11.8 Å². The van der Waals surface area contributed by atoms with Crippen molar-refractivity contribution in [3.63, 3.8) is 0 Å². The van der Waals surface area contributed by atoms with E-state index in [-0.39, 0.29) is 75.3 Å². The number of imidazole rings is 1. The fraction of sp³-hybridized carbons (Fsp3) is 0.606. The van der Waals surface area contributed by atoms with Crippen molar-refractivity contribution in [3.05, 3.63) is 58.6 Å². The molecule has 3 fully saturated rings. The molecule has 2 N–H and O–H groups in total. The van der Waals surface area contributed by atoms with Crippen molar-refractivity contribution in [1.29, 1.82) is 0 Å². The smallest absolute Gasteiger partial charge is 0.270 e. The molecule has 3 aromatic heterocycles. The second kappa shape index (κ2) is 14.1. The average molecular weight is 660 g/mol. The highest BCUT2D eigenvalue weighted by molar-refractivity contribution is 5.92.